The first-order chi connectivity index (χ1) is 8.91. The molecule has 0 unspecified atom stereocenters. The summed E-state index contributed by atoms with van der Waals surface area (Å²) in [6, 6.07) is 0. The van der Waals surface area contributed by atoms with E-state index in [2.05, 4.69) is 43.0 Å². The molecule has 6 heteroatoms. The molecule has 1 aromatic rings. The van der Waals surface area contributed by atoms with Crippen LogP contribution in [0.3, 0.4) is 0 Å². The van der Waals surface area contributed by atoms with Gasteiger partial charge in [-0.2, -0.15) is 0 Å². The Kier molecular flexibility index (Phi) is 2.92. The van der Waals surface area contributed by atoms with Crippen molar-refractivity contribution in [2.45, 2.75) is 44.8 Å². The monoisotopic (exact) mass is 261 g/mol. The molecule has 102 valence electrons. The summed E-state index contributed by atoms with van der Waals surface area (Å²) in [5, 5.41) is 3.27. The van der Waals surface area contributed by atoms with Gasteiger partial charge in [-0.25, -0.2) is 9.97 Å². The van der Waals surface area contributed by atoms with Crippen molar-refractivity contribution in [1.29, 1.82) is 0 Å². The first-order valence-corrected chi connectivity index (χ1v) is 6.77. The van der Waals surface area contributed by atoms with Crippen molar-refractivity contribution in [2.75, 3.05) is 13.1 Å². The third-order valence-electron chi connectivity index (χ3n) is 4.45. The van der Waals surface area contributed by atoms with Crippen LogP contribution in [0.5, 0.6) is 0 Å². The Bertz CT molecular complexity index is 473. The standard InChI is InChI=1S/C13H20BN3O2/c1-12(2)13(3,4)19-14(18-12)10-7-16-8-17-11(10)9-5-15-6-9/h7-9,15H,5-6H2,1-4H3. The third-order valence-corrected chi connectivity index (χ3v) is 4.45. The summed E-state index contributed by atoms with van der Waals surface area (Å²) in [4.78, 5) is 8.56. The van der Waals surface area contributed by atoms with Crippen LogP contribution in [0.1, 0.15) is 39.3 Å². The lowest BCUT2D eigenvalue weighted by atomic mass is 9.75. The molecule has 2 aliphatic rings. The van der Waals surface area contributed by atoms with Crippen LogP contribution in [0.25, 0.3) is 0 Å². The van der Waals surface area contributed by atoms with E-state index in [0.717, 1.165) is 24.2 Å². The maximum Gasteiger partial charge on any atom is 0.498 e. The van der Waals surface area contributed by atoms with E-state index in [-0.39, 0.29) is 18.3 Å². The Morgan fingerprint density at radius 1 is 1.21 bits per heavy atom. The fourth-order valence-corrected chi connectivity index (χ4v) is 2.32. The molecular weight excluding hydrogens is 241 g/mol. The molecule has 0 aromatic carbocycles. The molecule has 0 bridgehead atoms. The van der Waals surface area contributed by atoms with Gasteiger partial charge in [0.1, 0.15) is 6.33 Å². The molecule has 0 amide bonds. The molecule has 2 saturated heterocycles. The van der Waals surface area contributed by atoms with E-state index in [1.165, 1.54) is 0 Å². The van der Waals surface area contributed by atoms with E-state index in [9.17, 15) is 0 Å². The summed E-state index contributed by atoms with van der Waals surface area (Å²) in [5.74, 6) is 0.442. The molecule has 19 heavy (non-hydrogen) atoms. The second-order valence-corrected chi connectivity index (χ2v) is 6.31. The van der Waals surface area contributed by atoms with Gasteiger partial charge in [0.05, 0.1) is 11.2 Å². The topological polar surface area (TPSA) is 56.3 Å². The molecule has 0 aliphatic carbocycles. The van der Waals surface area contributed by atoms with E-state index in [4.69, 9.17) is 9.31 Å². The van der Waals surface area contributed by atoms with Gasteiger partial charge in [0.2, 0.25) is 0 Å². The van der Waals surface area contributed by atoms with Crippen LogP contribution in [0.4, 0.5) is 0 Å². The molecule has 2 aliphatic heterocycles. The van der Waals surface area contributed by atoms with Gasteiger partial charge in [-0.15, -0.1) is 0 Å². The van der Waals surface area contributed by atoms with Crippen LogP contribution in [0.15, 0.2) is 12.5 Å². The Morgan fingerprint density at radius 2 is 1.84 bits per heavy atom. The molecule has 0 spiro atoms. The van der Waals surface area contributed by atoms with E-state index in [0.29, 0.717) is 5.92 Å². The van der Waals surface area contributed by atoms with Gasteiger partial charge < -0.3 is 14.6 Å². The van der Waals surface area contributed by atoms with Gasteiger partial charge in [-0.3, -0.25) is 0 Å². The number of rotatable bonds is 2. The zero-order valence-electron chi connectivity index (χ0n) is 11.9. The van der Waals surface area contributed by atoms with Gasteiger partial charge in [-0.05, 0) is 27.7 Å². The highest BCUT2D eigenvalue weighted by atomic mass is 16.7. The second kappa shape index (κ2) is 4.26. The second-order valence-electron chi connectivity index (χ2n) is 6.31. The van der Waals surface area contributed by atoms with Crippen molar-refractivity contribution >= 4 is 12.6 Å². The minimum Gasteiger partial charge on any atom is -0.399 e. The number of nitrogens with zero attached hydrogens (tertiary/aromatic N) is 2. The molecule has 1 aromatic heterocycles. The Hall–Kier alpha value is -0.975. The molecule has 3 heterocycles. The quantitative estimate of drug-likeness (QED) is 0.784. The van der Waals surface area contributed by atoms with E-state index in [1.807, 2.05) is 6.20 Å². The number of aromatic nitrogens is 2. The highest BCUT2D eigenvalue weighted by Crippen LogP contribution is 2.36. The molecule has 5 nitrogen and oxygen atoms in total. The highest BCUT2D eigenvalue weighted by Gasteiger charge is 2.52. The number of hydrogen-bond acceptors (Lipinski definition) is 5. The minimum absolute atomic E-state index is 0.331. The predicted octanol–water partition coefficient (Wildman–Crippen LogP) is 0.463. The zero-order chi connectivity index (χ0) is 13.7. The summed E-state index contributed by atoms with van der Waals surface area (Å²) < 4.78 is 12.2. The first kappa shape index (κ1) is 13.0. The fourth-order valence-electron chi connectivity index (χ4n) is 2.32. The Labute approximate surface area is 114 Å². The SMILES string of the molecule is CC1(C)OB(c2cncnc2C2CNC2)OC1(C)C. The average molecular weight is 261 g/mol. The maximum absolute atomic E-state index is 6.09. The van der Waals surface area contributed by atoms with Crippen molar-refractivity contribution in [1.82, 2.24) is 15.3 Å². The normalized spacial score (nSPS) is 25.4. The van der Waals surface area contributed by atoms with Crippen LogP contribution >= 0.6 is 0 Å². The van der Waals surface area contributed by atoms with Gasteiger partial charge in [0.15, 0.2) is 0 Å². The van der Waals surface area contributed by atoms with Crippen molar-refractivity contribution in [3.05, 3.63) is 18.2 Å². The number of nitrogens with one attached hydrogen (secondary N) is 1. The molecule has 0 atom stereocenters. The highest BCUT2D eigenvalue weighted by molar-refractivity contribution is 6.62. The van der Waals surface area contributed by atoms with Crippen molar-refractivity contribution in [3.8, 4) is 0 Å². The summed E-state index contributed by atoms with van der Waals surface area (Å²) in [6.07, 6.45) is 3.42. The fraction of sp³-hybridized carbons (Fsp3) is 0.692. The summed E-state index contributed by atoms with van der Waals surface area (Å²) in [5.41, 5.74) is 1.35. The lowest BCUT2D eigenvalue weighted by Gasteiger charge is -2.32. The summed E-state index contributed by atoms with van der Waals surface area (Å²) in [7, 11) is -0.373. The van der Waals surface area contributed by atoms with Gasteiger partial charge in [-0.1, -0.05) is 0 Å². The molecule has 3 rings (SSSR count). The largest absolute Gasteiger partial charge is 0.498 e. The number of hydrogen-bond donors (Lipinski definition) is 1. The Balaban J connectivity index is 1.91. The lowest BCUT2D eigenvalue weighted by Crippen LogP contribution is -2.46. The van der Waals surface area contributed by atoms with Crippen LogP contribution in [0, 0.1) is 0 Å². The molecular formula is C13H20BN3O2. The van der Waals surface area contributed by atoms with Crippen LogP contribution in [-0.4, -0.2) is 41.4 Å². The van der Waals surface area contributed by atoms with Gasteiger partial charge in [0.25, 0.3) is 0 Å². The summed E-state index contributed by atoms with van der Waals surface area (Å²) >= 11 is 0. The van der Waals surface area contributed by atoms with Crippen LogP contribution < -0.4 is 10.8 Å². The Morgan fingerprint density at radius 3 is 2.37 bits per heavy atom. The predicted molar refractivity (Wildman–Crippen MR) is 73.4 cm³/mol. The zero-order valence-corrected chi connectivity index (χ0v) is 11.9. The molecule has 1 N–H and O–H groups in total. The van der Waals surface area contributed by atoms with Crippen LogP contribution in [-0.2, 0) is 9.31 Å². The van der Waals surface area contributed by atoms with E-state index in [1.54, 1.807) is 6.33 Å². The molecule has 2 fully saturated rings. The average Bonchev–Trinajstić information content (AvgIpc) is 2.46. The van der Waals surface area contributed by atoms with Crippen molar-refractivity contribution in [2.24, 2.45) is 0 Å². The van der Waals surface area contributed by atoms with Crippen molar-refractivity contribution < 1.29 is 9.31 Å². The van der Waals surface area contributed by atoms with Gasteiger partial charge in [0, 0.05) is 36.4 Å². The smallest absolute Gasteiger partial charge is 0.399 e. The van der Waals surface area contributed by atoms with Gasteiger partial charge >= 0.3 is 7.12 Å². The minimum atomic E-state index is -0.373. The maximum atomic E-state index is 6.09. The first-order valence-electron chi connectivity index (χ1n) is 6.77. The lowest BCUT2D eigenvalue weighted by molar-refractivity contribution is 0.00578. The third kappa shape index (κ3) is 2.08. The van der Waals surface area contributed by atoms with E-state index < -0.39 is 0 Å². The van der Waals surface area contributed by atoms with E-state index >= 15 is 0 Å². The van der Waals surface area contributed by atoms with Crippen molar-refractivity contribution in [3.63, 3.8) is 0 Å². The molecule has 0 radical (unpaired) electrons. The molecule has 0 saturated carbocycles. The van der Waals surface area contributed by atoms with Crippen LogP contribution in [0.2, 0.25) is 0 Å². The summed E-state index contributed by atoms with van der Waals surface area (Å²) in [6.45, 7) is 10.2.